The number of hydrogen-bond acceptors (Lipinski definition) is 5. The first-order valence-corrected chi connectivity index (χ1v) is 7.05. The summed E-state index contributed by atoms with van der Waals surface area (Å²) in [4.78, 5) is 1.92. The van der Waals surface area contributed by atoms with Crippen molar-refractivity contribution in [1.82, 2.24) is 4.90 Å². The second-order valence-corrected chi connectivity index (χ2v) is 6.46. The highest BCUT2D eigenvalue weighted by atomic mass is 32.2. The smallest absolute Gasteiger partial charge is 0.151 e. The number of hydrogen-bond donors (Lipinski definition) is 2. The van der Waals surface area contributed by atoms with Crippen LogP contribution in [0.1, 0.15) is 12.8 Å². The first-order valence-electron chi connectivity index (χ1n) is 5.23. The predicted octanol–water partition coefficient (Wildman–Crippen LogP) is -1.18. The van der Waals surface area contributed by atoms with Crippen LogP contribution in [0.4, 0.5) is 0 Å². The molecule has 1 aliphatic heterocycles. The lowest BCUT2D eigenvalue weighted by atomic mass is 10.2. The van der Waals surface area contributed by atoms with Gasteiger partial charge >= 0.3 is 0 Å². The van der Waals surface area contributed by atoms with E-state index in [-0.39, 0.29) is 17.5 Å². The van der Waals surface area contributed by atoms with Crippen molar-refractivity contribution in [3.63, 3.8) is 0 Å². The fourth-order valence-electron chi connectivity index (χ4n) is 1.89. The van der Waals surface area contributed by atoms with Gasteiger partial charge in [-0.2, -0.15) is 0 Å². The van der Waals surface area contributed by atoms with Crippen molar-refractivity contribution < 1.29 is 13.5 Å². The number of sulfone groups is 1. The zero-order chi connectivity index (χ0) is 11.5. The molecule has 1 fully saturated rings. The Balaban J connectivity index is 2.38. The highest BCUT2D eigenvalue weighted by Gasteiger charge is 2.30. The summed E-state index contributed by atoms with van der Waals surface area (Å²) in [6.07, 6.45) is 0.779. The monoisotopic (exact) mass is 236 g/mol. The molecule has 0 saturated carbocycles. The van der Waals surface area contributed by atoms with Gasteiger partial charge in [0.2, 0.25) is 0 Å². The molecule has 2 unspecified atom stereocenters. The Morgan fingerprint density at radius 3 is 2.73 bits per heavy atom. The SMILES string of the molecule is CN(CC(O)CCN)C1CCS(=O)(=O)C1. The van der Waals surface area contributed by atoms with Gasteiger partial charge in [-0.25, -0.2) is 8.42 Å². The minimum atomic E-state index is -2.84. The van der Waals surface area contributed by atoms with Gasteiger partial charge in [0.05, 0.1) is 17.6 Å². The first kappa shape index (κ1) is 12.9. The molecule has 0 aliphatic carbocycles. The summed E-state index contributed by atoms with van der Waals surface area (Å²) in [5, 5.41) is 9.54. The van der Waals surface area contributed by atoms with Gasteiger partial charge in [-0.1, -0.05) is 0 Å². The van der Waals surface area contributed by atoms with Gasteiger partial charge in [-0.15, -0.1) is 0 Å². The van der Waals surface area contributed by atoms with Gasteiger partial charge in [0.15, 0.2) is 9.84 Å². The third-order valence-corrected chi connectivity index (χ3v) is 4.58. The van der Waals surface area contributed by atoms with E-state index in [2.05, 4.69) is 0 Å². The van der Waals surface area contributed by atoms with Crippen molar-refractivity contribution in [2.45, 2.75) is 25.0 Å². The van der Waals surface area contributed by atoms with Crippen molar-refractivity contribution >= 4 is 9.84 Å². The first-order chi connectivity index (χ1) is 6.94. The minimum Gasteiger partial charge on any atom is -0.392 e. The van der Waals surface area contributed by atoms with Gasteiger partial charge in [0.25, 0.3) is 0 Å². The van der Waals surface area contributed by atoms with Crippen LogP contribution < -0.4 is 5.73 Å². The van der Waals surface area contributed by atoms with Crippen molar-refractivity contribution in [3.05, 3.63) is 0 Å². The van der Waals surface area contributed by atoms with Crippen LogP contribution >= 0.6 is 0 Å². The second kappa shape index (κ2) is 5.25. The largest absolute Gasteiger partial charge is 0.392 e. The van der Waals surface area contributed by atoms with Gasteiger partial charge in [0.1, 0.15) is 0 Å². The van der Waals surface area contributed by atoms with E-state index in [1.807, 2.05) is 11.9 Å². The van der Waals surface area contributed by atoms with Crippen LogP contribution in [-0.4, -0.2) is 62.2 Å². The second-order valence-electron chi connectivity index (χ2n) is 4.23. The molecule has 1 saturated heterocycles. The van der Waals surface area contributed by atoms with E-state index >= 15 is 0 Å². The average molecular weight is 236 g/mol. The van der Waals surface area contributed by atoms with E-state index in [4.69, 9.17) is 5.73 Å². The number of nitrogens with zero attached hydrogens (tertiary/aromatic N) is 1. The third kappa shape index (κ3) is 4.06. The molecule has 2 atom stereocenters. The van der Waals surface area contributed by atoms with Crippen molar-refractivity contribution in [3.8, 4) is 0 Å². The Bertz CT molecular complexity index is 292. The summed E-state index contributed by atoms with van der Waals surface area (Å²) in [5.41, 5.74) is 5.33. The van der Waals surface area contributed by atoms with E-state index in [1.54, 1.807) is 0 Å². The number of nitrogens with two attached hydrogens (primary N) is 1. The number of aliphatic hydroxyl groups is 1. The molecule has 1 rings (SSSR count). The molecule has 0 aromatic carbocycles. The van der Waals surface area contributed by atoms with Crippen LogP contribution in [0.5, 0.6) is 0 Å². The Morgan fingerprint density at radius 2 is 2.27 bits per heavy atom. The Morgan fingerprint density at radius 1 is 1.60 bits per heavy atom. The lowest BCUT2D eigenvalue weighted by molar-refractivity contribution is 0.104. The highest BCUT2D eigenvalue weighted by molar-refractivity contribution is 7.91. The van der Waals surface area contributed by atoms with Crippen molar-refractivity contribution in [2.75, 3.05) is 31.6 Å². The number of aliphatic hydroxyl groups excluding tert-OH is 1. The maximum absolute atomic E-state index is 11.2. The Hall–Kier alpha value is -0.170. The number of likely N-dealkylation sites (N-methyl/N-ethyl adjacent to an activating group) is 1. The molecule has 3 N–H and O–H groups in total. The average Bonchev–Trinajstić information content (AvgIpc) is 2.46. The van der Waals surface area contributed by atoms with Crippen LogP contribution in [-0.2, 0) is 9.84 Å². The van der Waals surface area contributed by atoms with Gasteiger partial charge in [-0.05, 0) is 26.4 Å². The van der Waals surface area contributed by atoms with Crippen molar-refractivity contribution in [2.24, 2.45) is 5.73 Å². The van der Waals surface area contributed by atoms with Crippen LogP contribution in [0, 0.1) is 0 Å². The molecule has 0 bridgehead atoms. The summed E-state index contributed by atoms with van der Waals surface area (Å²) < 4.78 is 22.5. The van der Waals surface area contributed by atoms with Crippen LogP contribution in [0.3, 0.4) is 0 Å². The maximum Gasteiger partial charge on any atom is 0.151 e. The molecule has 0 spiro atoms. The fourth-order valence-corrected chi connectivity index (χ4v) is 3.69. The van der Waals surface area contributed by atoms with E-state index in [1.165, 1.54) is 0 Å². The molecule has 6 heteroatoms. The fraction of sp³-hybridized carbons (Fsp3) is 1.00. The molecule has 0 amide bonds. The standard InChI is InChI=1S/C9H20N2O3S/c1-11(6-9(12)2-4-10)8-3-5-15(13,14)7-8/h8-9,12H,2-7,10H2,1H3. The lowest BCUT2D eigenvalue weighted by Gasteiger charge is -2.25. The van der Waals surface area contributed by atoms with E-state index in [0.717, 1.165) is 0 Å². The molecule has 0 radical (unpaired) electrons. The van der Waals surface area contributed by atoms with Gasteiger partial charge in [0, 0.05) is 12.6 Å². The molecule has 5 nitrogen and oxygen atoms in total. The molecule has 0 aromatic heterocycles. The summed E-state index contributed by atoms with van der Waals surface area (Å²) in [6, 6.07) is 0.0578. The van der Waals surface area contributed by atoms with Crippen LogP contribution in [0.25, 0.3) is 0 Å². The van der Waals surface area contributed by atoms with Gasteiger partial charge < -0.3 is 10.8 Å². The predicted molar refractivity (Wildman–Crippen MR) is 59.4 cm³/mol. The van der Waals surface area contributed by atoms with Crippen molar-refractivity contribution in [1.29, 1.82) is 0 Å². The third-order valence-electron chi connectivity index (χ3n) is 2.83. The molecule has 1 aliphatic rings. The maximum atomic E-state index is 11.2. The molecule has 1 heterocycles. The summed E-state index contributed by atoms with van der Waals surface area (Å²) >= 11 is 0. The summed E-state index contributed by atoms with van der Waals surface area (Å²) in [5.74, 6) is 0.494. The topological polar surface area (TPSA) is 83.6 Å². The normalized spacial score (nSPS) is 27.1. The zero-order valence-corrected chi connectivity index (χ0v) is 9.91. The molecule has 90 valence electrons. The van der Waals surface area contributed by atoms with E-state index < -0.39 is 15.9 Å². The Kier molecular flexibility index (Phi) is 4.51. The minimum absolute atomic E-state index is 0.0578. The quantitative estimate of drug-likeness (QED) is 0.627. The molecular weight excluding hydrogens is 216 g/mol. The molecular formula is C9H20N2O3S. The zero-order valence-electron chi connectivity index (χ0n) is 9.09. The summed E-state index contributed by atoms with van der Waals surface area (Å²) in [6.45, 7) is 0.954. The lowest BCUT2D eigenvalue weighted by Crippen LogP contribution is -2.38. The summed E-state index contributed by atoms with van der Waals surface area (Å²) in [7, 11) is -0.984. The molecule has 15 heavy (non-hydrogen) atoms. The molecule has 0 aromatic rings. The van der Waals surface area contributed by atoms with E-state index in [9.17, 15) is 13.5 Å². The highest BCUT2D eigenvalue weighted by Crippen LogP contribution is 2.16. The van der Waals surface area contributed by atoms with Crippen LogP contribution in [0.2, 0.25) is 0 Å². The van der Waals surface area contributed by atoms with E-state index in [0.29, 0.717) is 25.9 Å². The Labute approximate surface area is 91.2 Å². The number of rotatable bonds is 5. The van der Waals surface area contributed by atoms with Crippen LogP contribution in [0.15, 0.2) is 0 Å². The van der Waals surface area contributed by atoms with Gasteiger partial charge in [-0.3, -0.25) is 4.90 Å².